The summed E-state index contributed by atoms with van der Waals surface area (Å²) in [6, 6.07) is 13.1. The molecule has 1 saturated carbocycles. The van der Waals surface area contributed by atoms with Crippen molar-refractivity contribution in [3.05, 3.63) is 54.1 Å². The van der Waals surface area contributed by atoms with Crippen molar-refractivity contribution >= 4 is 38.9 Å². The Hall–Kier alpha value is -2.53. The molecule has 1 amide bonds. The van der Waals surface area contributed by atoms with E-state index in [1.165, 1.54) is 12.1 Å². The van der Waals surface area contributed by atoms with Gasteiger partial charge in [0.25, 0.3) is 5.91 Å². The molecule has 3 rings (SSSR count). The van der Waals surface area contributed by atoms with Crippen molar-refractivity contribution in [1.82, 2.24) is 10.0 Å². The molecule has 34 heavy (non-hydrogen) atoms. The lowest BCUT2D eigenvalue weighted by Crippen LogP contribution is -2.36. The van der Waals surface area contributed by atoms with Gasteiger partial charge in [0, 0.05) is 18.3 Å². The van der Waals surface area contributed by atoms with E-state index in [2.05, 4.69) is 15.4 Å². The maximum atomic E-state index is 12.7. The predicted molar refractivity (Wildman–Crippen MR) is 136 cm³/mol. The van der Waals surface area contributed by atoms with Crippen molar-refractivity contribution in [2.75, 3.05) is 25.1 Å². The molecule has 1 aliphatic carbocycles. The summed E-state index contributed by atoms with van der Waals surface area (Å²) in [7, 11) is -3.58. The summed E-state index contributed by atoms with van der Waals surface area (Å²) in [4.78, 5) is 12.9. The quantitative estimate of drug-likeness (QED) is 0.333. The Kier molecular flexibility index (Phi) is 9.82. The lowest BCUT2D eigenvalue weighted by Gasteiger charge is -2.22. The second-order valence-electron chi connectivity index (χ2n) is 7.93. The lowest BCUT2D eigenvalue weighted by molar-refractivity contribution is 0.0958. The van der Waals surface area contributed by atoms with E-state index < -0.39 is 15.9 Å². The van der Waals surface area contributed by atoms with Gasteiger partial charge in [-0.3, -0.25) is 10.1 Å². The number of nitrogens with one attached hydrogen (secondary N) is 3. The van der Waals surface area contributed by atoms with E-state index in [0.29, 0.717) is 36.8 Å². The monoisotopic (exact) mass is 505 g/mol. The summed E-state index contributed by atoms with van der Waals surface area (Å²) in [5, 5.41) is 5.62. The van der Waals surface area contributed by atoms with Gasteiger partial charge in [0.1, 0.15) is 12.4 Å². The van der Waals surface area contributed by atoms with Crippen molar-refractivity contribution in [1.29, 1.82) is 0 Å². The Morgan fingerprint density at radius 1 is 1.03 bits per heavy atom. The minimum atomic E-state index is -3.58. The van der Waals surface area contributed by atoms with Gasteiger partial charge in [-0.2, -0.15) is 0 Å². The number of anilines is 1. The fourth-order valence-electron chi connectivity index (χ4n) is 3.69. The zero-order valence-electron chi connectivity index (χ0n) is 19.2. The van der Waals surface area contributed by atoms with Crippen LogP contribution >= 0.6 is 12.2 Å². The molecule has 10 heteroatoms. The lowest BCUT2D eigenvalue weighted by atomic mass is 9.96. The summed E-state index contributed by atoms with van der Waals surface area (Å²) in [6.45, 7) is 3.24. The highest BCUT2D eigenvalue weighted by Gasteiger charge is 2.22. The zero-order chi connectivity index (χ0) is 24.4. The molecule has 1 aliphatic rings. The van der Waals surface area contributed by atoms with E-state index in [1.54, 1.807) is 36.4 Å². The number of hydrogen-bond acceptors (Lipinski definition) is 6. The van der Waals surface area contributed by atoms with Crippen LogP contribution in [0.4, 0.5) is 5.69 Å². The first-order valence-corrected chi connectivity index (χ1v) is 13.3. The maximum Gasteiger partial charge on any atom is 0.261 e. The van der Waals surface area contributed by atoms with Crippen LogP contribution in [0, 0.1) is 0 Å². The fourth-order valence-corrected chi connectivity index (χ4v) is 5.21. The average Bonchev–Trinajstić information content (AvgIpc) is 2.83. The Morgan fingerprint density at radius 3 is 2.44 bits per heavy atom. The molecule has 1 fully saturated rings. The van der Waals surface area contributed by atoms with Gasteiger partial charge in [0.2, 0.25) is 10.0 Å². The maximum absolute atomic E-state index is 12.7. The summed E-state index contributed by atoms with van der Waals surface area (Å²) < 4.78 is 39.0. The molecule has 0 aliphatic heterocycles. The van der Waals surface area contributed by atoms with Crippen LogP contribution in [0.3, 0.4) is 0 Å². The van der Waals surface area contributed by atoms with Gasteiger partial charge in [0.05, 0.1) is 17.1 Å². The smallest absolute Gasteiger partial charge is 0.261 e. The molecule has 2 aromatic rings. The van der Waals surface area contributed by atoms with Crippen LogP contribution in [0.5, 0.6) is 5.75 Å². The SMILES string of the molecule is CCOCCOc1ccccc1C(=O)NC(=S)Nc1ccc(S(=O)(=O)NC2CCCCC2)cc1. The second kappa shape index (κ2) is 12.8. The molecular weight excluding hydrogens is 474 g/mol. The third-order valence-corrected chi connectivity index (χ3v) is 7.14. The molecule has 184 valence electrons. The van der Waals surface area contributed by atoms with Gasteiger partial charge in [-0.05, 0) is 68.4 Å². The molecule has 3 N–H and O–H groups in total. The number of rotatable bonds is 10. The fraction of sp³-hybridized carbons (Fsp3) is 0.417. The highest BCUT2D eigenvalue weighted by molar-refractivity contribution is 7.89. The van der Waals surface area contributed by atoms with Gasteiger partial charge in [-0.15, -0.1) is 0 Å². The number of carbonyl (C=O) groups excluding carboxylic acids is 1. The van der Waals surface area contributed by atoms with E-state index in [0.717, 1.165) is 32.1 Å². The van der Waals surface area contributed by atoms with Crippen LogP contribution in [-0.4, -0.2) is 45.3 Å². The van der Waals surface area contributed by atoms with Gasteiger partial charge < -0.3 is 14.8 Å². The average molecular weight is 506 g/mol. The largest absolute Gasteiger partial charge is 0.490 e. The van der Waals surface area contributed by atoms with Crippen LogP contribution in [0.15, 0.2) is 53.4 Å². The standard InChI is InChI=1S/C24H31N3O5S2/c1-2-31-16-17-32-22-11-7-6-10-21(22)23(28)26-24(33)25-18-12-14-20(15-13-18)34(29,30)27-19-8-4-3-5-9-19/h6-7,10-15,19,27H,2-5,8-9,16-17H2,1H3,(H2,25,26,28,33). The molecule has 8 nitrogen and oxygen atoms in total. The summed E-state index contributed by atoms with van der Waals surface area (Å²) >= 11 is 5.26. The molecule has 0 heterocycles. The van der Waals surface area contributed by atoms with Crippen LogP contribution in [0.25, 0.3) is 0 Å². The minimum Gasteiger partial charge on any atom is -0.490 e. The number of hydrogen-bond donors (Lipinski definition) is 3. The normalized spacial score (nSPS) is 14.4. The van der Waals surface area contributed by atoms with Crippen LogP contribution in [0.2, 0.25) is 0 Å². The van der Waals surface area contributed by atoms with E-state index in [-0.39, 0.29) is 16.0 Å². The Morgan fingerprint density at radius 2 is 1.74 bits per heavy atom. The van der Waals surface area contributed by atoms with Crippen LogP contribution in [0.1, 0.15) is 49.4 Å². The number of amides is 1. The molecule has 2 aromatic carbocycles. The predicted octanol–water partition coefficient (Wildman–Crippen LogP) is 3.84. The van der Waals surface area contributed by atoms with Crippen molar-refractivity contribution in [3.63, 3.8) is 0 Å². The Bertz CT molecular complexity index is 1070. The van der Waals surface area contributed by atoms with Gasteiger partial charge in [-0.25, -0.2) is 13.1 Å². The Labute approximate surface area is 206 Å². The van der Waals surface area contributed by atoms with Crippen molar-refractivity contribution in [2.24, 2.45) is 0 Å². The molecule has 0 spiro atoms. The highest BCUT2D eigenvalue weighted by Crippen LogP contribution is 2.21. The van der Waals surface area contributed by atoms with E-state index in [4.69, 9.17) is 21.7 Å². The van der Waals surface area contributed by atoms with Crippen LogP contribution in [-0.2, 0) is 14.8 Å². The summed E-state index contributed by atoms with van der Waals surface area (Å²) in [6.07, 6.45) is 4.98. The Balaban J connectivity index is 1.55. The first kappa shape index (κ1) is 26.1. The summed E-state index contributed by atoms with van der Waals surface area (Å²) in [5.41, 5.74) is 0.904. The number of para-hydroxylation sites is 1. The van der Waals surface area contributed by atoms with E-state index >= 15 is 0 Å². The van der Waals surface area contributed by atoms with Gasteiger partial charge in [0.15, 0.2) is 5.11 Å². The molecule has 0 saturated heterocycles. The number of sulfonamides is 1. The van der Waals surface area contributed by atoms with Gasteiger partial charge in [-0.1, -0.05) is 31.4 Å². The third-order valence-electron chi connectivity index (χ3n) is 5.40. The number of ether oxygens (including phenoxy) is 2. The highest BCUT2D eigenvalue weighted by atomic mass is 32.2. The van der Waals surface area contributed by atoms with Crippen molar-refractivity contribution in [2.45, 2.75) is 50.0 Å². The molecule has 0 atom stereocenters. The first-order valence-electron chi connectivity index (χ1n) is 11.4. The van der Waals surface area contributed by atoms with E-state index in [1.807, 2.05) is 6.92 Å². The van der Waals surface area contributed by atoms with Crippen molar-refractivity contribution < 1.29 is 22.7 Å². The van der Waals surface area contributed by atoms with Gasteiger partial charge >= 0.3 is 0 Å². The first-order chi connectivity index (χ1) is 16.4. The number of thiocarbonyl (C=S) groups is 1. The van der Waals surface area contributed by atoms with Crippen LogP contribution < -0.4 is 20.1 Å². The minimum absolute atomic E-state index is 0.00892. The molecule has 0 aromatic heterocycles. The van der Waals surface area contributed by atoms with E-state index in [9.17, 15) is 13.2 Å². The molecule has 0 unspecified atom stereocenters. The number of carbonyl (C=O) groups is 1. The zero-order valence-corrected chi connectivity index (χ0v) is 20.8. The molecular formula is C24H31N3O5S2. The summed E-state index contributed by atoms with van der Waals surface area (Å²) in [5.74, 6) is 0.0166. The second-order valence-corrected chi connectivity index (χ2v) is 10.1. The molecule has 0 radical (unpaired) electrons. The third kappa shape index (κ3) is 7.76. The molecule has 0 bridgehead atoms. The number of benzene rings is 2. The van der Waals surface area contributed by atoms with Crippen molar-refractivity contribution in [3.8, 4) is 5.75 Å². The topological polar surface area (TPSA) is 106 Å².